The van der Waals surface area contributed by atoms with Crippen molar-refractivity contribution in [2.45, 2.75) is 44.6 Å². The van der Waals surface area contributed by atoms with Gasteiger partial charge in [0.05, 0.1) is 33.6 Å². The lowest BCUT2D eigenvalue weighted by molar-refractivity contribution is -0.118. The summed E-state index contributed by atoms with van der Waals surface area (Å²) in [5.41, 5.74) is 2.90. The summed E-state index contributed by atoms with van der Waals surface area (Å²) in [4.78, 5) is 24.3. The van der Waals surface area contributed by atoms with Crippen molar-refractivity contribution in [3.8, 4) is 0 Å². The fraction of sp³-hybridized carbons (Fsp3) is 0.320. The minimum Gasteiger partial charge on any atom is -0.337 e. The third-order valence-electron chi connectivity index (χ3n) is 5.76. The van der Waals surface area contributed by atoms with E-state index in [1.165, 1.54) is 16.9 Å². The Morgan fingerprint density at radius 1 is 1.09 bits per heavy atom. The molecule has 9 heteroatoms. The molecule has 0 fully saturated rings. The molecule has 0 saturated carbocycles. The van der Waals surface area contributed by atoms with E-state index in [1.54, 1.807) is 48.6 Å². The average Bonchev–Trinajstić information content (AvgIpc) is 3.51. The molecule has 2 heterocycles. The first-order valence-electron chi connectivity index (χ1n) is 11.4. The third kappa shape index (κ3) is 5.53. The number of carbonyl (C=O) groups is 1. The number of benzene rings is 2. The number of anilines is 1. The summed E-state index contributed by atoms with van der Waals surface area (Å²) >= 11 is 1.53. The van der Waals surface area contributed by atoms with Crippen molar-refractivity contribution in [3.63, 3.8) is 0 Å². The summed E-state index contributed by atoms with van der Waals surface area (Å²) in [5, 5.41) is 0.684. The van der Waals surface area contributed by atoms with Crippen LogP contribution in [0.3, 0.4) is 0 Å². The van der Waals surface area contributed by atoms with Crippen LogP contribution in [0, 0.1) is 0 Å². The fourth-order valence-corrected chi connectivity index (χ4v) is 5.66. The van der Waals surface area contributed by atoms with E-state index in [9.17, 15) is 13.2 Å². The van der Waals surface area contributed by atoms with Crippen molar-refractivity contribution in [2.24, 2.45) is 0 Å². The maximum Gasteiger partial charge on any atom is 0.233 e. The second-order valence-corrected chi connectivity index (χ2v) is 11.4. The van der Waals surface area contributed by atoms with E-state index in [4.69, 9.17) is 4.98 Å². The second-order valence-electron chi connectivity index (χ2n) is 8.08. The molecule has 0 bridgehead atoms. The molecule has 0 aliphatic heterocycles. The largest absolute Gasteiger partial charge is 0.337 e. The Morgan fingerprint density at radius 3 is 2.53 bits per heavy atom. The number of thiazole rings is 1. The molecule has 4 rings (SSSR count). The van der Waals surface area contributed by atoms with Crippen LogP contribution in [-0.4, -0.2) is 41.2 Å². The van der Waals surface area contributed by atoms with Crippen LogP contribution in [-0.2, 0) is 34.0 Å². The van der Waals surface area contributed by atoms with Crippen LogP contribution in [0.1, 0.15) is 31.4 Å². The smallest absolute Gasteiger partial charge is 0.233 e. The number of hydrogen-bond donors (Lipinski definition) is 0. The van der Waals surface area contributed by atoms with Gasteiger partial charge in [-0.2, -0.15) is 0 Å². The van der Waals surface area contributed by atoms with E-state index >= 15 is 0 Å². The molecule has 2 aromatic heterocycles. The monoisotopic (exact) mass is 496 g/mol. The number of amides is 1. The number of hydrogen-bond acceptors (Lipinski definition) is 6. The molecular weight excluding hydrogens is 468 g/mol. The highest BCUT2D eigenvalue weighted by Crippen LogP contribution is 2.30. The fourth-order valence-electron chi connectivity index (χ4n) is 3.70. The van der Waals surface area contributed by atoms with Crippen LogP contribution in [0.25, 0.3) is 10.2 Å². The molecule has 0 unspecified atom stereocenters. The van der Waals surface area contributed by atoms with Gasteiger partial charge >= 0.3 is 0 Å². The molecule has 7 nitrogen and oxygen atoms in total. The Kier molecular flexibility index (Phi) is 7.43. The number of aromatic nitrogens is 3. The van der Waals surface area contributed by atoms with E-state index < -0.39 is 9.84 Å². The first-order valence-corrected chi connectivity index (χ1v) is 13.8. The molecule has 0 radical (unpaired) electrons. The molecule has 0 aliphatic carbocycles. The minimum atomic E-state index is -3.27. The van der Waals surface area contributed by atoms with Crippen LogP contribution in [0.5, 0.6) is 0 Å². The summed E-state index contributed by atoms with van der Waals surface area (Å²) in [5.74, 6) is -0.0145. The third-order valence-corrected chi connectivity index (χ3v) is 8.55. The number of nitrogens with zero attached hydrogens (tertiary/aromatic N) is 4. The number of sulfone groups is 1. The summed E-state index contributed by atoms with van der Waals surface area (Å²) in [6, 6.07) is 12.8. The Hall–Kier alpha value is -3.04. The number of imidazole rings is 1. The highest BCUT2D eigenvalue weighted by Gasteiger charge is 2.20. The van der Waals surface area contributed by atoms with Crippen LogP contribution in [0.15, 0.2) is 66.1 Å². The molecule has 0 spiro atoms. The number of carbonyl (C=O) groups excluding carboxylic acids is 1. The van der Waals surface area contributed by atoms with Crippen LogP contribution >= 0.6 is 11.3 Å². The zero-order valence-corrected chi connectivity index (χ0v) is 21.0. The molecule has 34 heavy (non-hydrogen) atoms. The first-order chi connectivity index (χ1) is 16.4. The van der Waals surface area contributed by atoms with Crippen molar-refractivity contribution >= 4 is 42.4 Å². The van der Waals surface area contributed by atoms with Gasteiger partial charge in [0.2, 0.25) is 5.91 Å². The Labute approximate surface area is 204 Å². The van der Waals surface area contributed by atoms with Crippen molar-refractivity contribution in [1.82, 2.24) is 14.5 Å². The van der Waals surface area contributed by atoms with Gasteiger partial charge in [-0.05, 0) is 48.2 Å². The lowest BCUT2D eigenvalue weighted by Gasteiger charge is -2.20. The van der Waals surface area contributed by atoms with E-state index in [-0.39, 0.29) is 23.0 Å². The summed E-state index contributed by atoms with van der Waals surface area (Å²) in [7, 11) is -3.27. The van der Waals surface area contributed by atoms with Crippen molar-refractivity contribution in [3.05, 3.63) is 72.3 Å². The highest BCUT2D eigenvalue weighted by atomic mass is 32.2. The van der Waals surface area contributed by atoms with E-state index in [0.717, 1.165) is 35.2 Å². The van der Waals surface area contributed by atoms with E-state index in [2.05, 4.69) is 24.0 Å². The van der Waals surface area contributed by atoms with Crippen LogP contribution in [0.4, 0.5) is 5.13 Å². The predicted octanol–water partition coefficient (Wildman–Crippen LogP) is 4.51. The molecule has 4 aromatic rings. The van der Waals surface area contributed by atoms with E-state index in [0.29, 0.717) is 11.7 Å². The zero-order valence-electron chi connectivity index (χ0n) is 19.3. The zero-order chi connectivity index (χ0) is 24.1. The predicted molar refractivity (Wildman–Crippen MR) is 136 cm³/mol. The van der Waals surface area contributed by atoms with Gasteiger partial charge in [-0.1, -0.05) is 43.4 Å². The van der Waals surface area contributed by atoms with Gasteiger partial charge < -0.3 is 4.57 Å². The molecule has 0 aliphatic rings. The number of rotatable bonds is 10. The topological polar surface area (TPSA) is 85.2 Å². The lowest BCUT2D eigenvalue weighted by Crippen LogP contribution is -2.33. The van der Waals surface area contributed by atoms with Gasteiger partial charge in [0.25, 0.3) is 0 Å². The molecule has 2 aromatic carbocycles. The Balaban J connectivity index is 1.56. The van der Waals surface area contributed by atoms with Crippen molar-refractivity contribution in [2.75, 3.05) is 17.2 Å². The SMILES string of the molecule is CCc1ccc2nc(N(CCCn3ccnc3)C(=O)Cc3ccc(S(=O)(=O)CC)cc3)sc2c1. The normalized spacial score (nSPS) is 11.7. The second kappa shape index (κ2) is 10.5. The Bertz CT molecular complexity index is 1360. The van der Waals surface area contributed by atoms with Gasteiger partial charge in [0.15, 0.2) is 15.0 Å². The lowest BCUT2D eigenvalue weighted by atomic mass is 10.1. The number of aryl methyl sites for hydroxylation is 2. The van der Waals surface area contributed by atoms with Gasteiger partial charge in [0.1, 0.15) is 0 Å². The highest BCUT2D eigenvalue weighted by molar-refractivity contribution is 7.91. The summed E-state index contributed by atoms with van der Waals surface area (Å²) in [6.45, 7) is 5.01. The molecule has 0 N–H and O–H groups in total. The van der Waals surface area contributed by atoms with Gasteiger partial charge in [-0.3, -0.25) is 9.69 Å². The van der Waals surface area contributed by atoms with Gasteiger partial charge in [0, 0.05) is 25.5 Å². The molecule has 0 saturated heterocycles. The van der Waals surface area contributed by atoms with Gasteiger partial charge in [-0.15, -0.1) is 0 Å². The maximum atomic E-state index is 13.4. The molecule has 0 atom stereocenters. The van der Waals surface area contributed by atoms with Crippen LogP contribution in [0.2, 0.25) is 0 Å². The Morgan fingerprint density at radius 2 is 1.85 bits per heavy atom. The quantitative estimate of drug-likeness (QED) is 0.322. The van der Waals surface area contributed by atoms with Crippen molar-refractivity contribution in [1.29, 1.82) is 0 Å². The number of fused-ring (bicyclic) bond motifs is 1. The molecular formula is C25H28N4O3S2. The summed E-state index contributed by atoms with van der Waals surface area (Å²) in [6.07, 6.45) is 7.29. The molecule has 1 amide bonds. The first kappa shape index (κ1) is 24.1. The molecule has 178 valence electrons. The van der Waals surface area contributed by atoms with Gasteiger partial charge in [-0.25, -0.2) is 18.4 Å². The van der Waals surface area contributed by atoms with Crippen molar-refractivity contribution < 1.29 is 13.2 Å². The minimum absolute atomic E-state index is 0.0489. The average molecular weight is 497 g/mol. The standard InChI is InChI=1S/C25H28N4O3S2/c1-3-19-8-11-22-23(16-19)33-25(27-22)29(14-5-13-28-15-12-26-18-28)24(30)17-20-6-9-21(10-7-20)34(31,32)4-2/h6-12,15-16,18H,3-5,13-14,17H2,1-2H3. The van der Waals surface area contributed by atoms with E-state index in [1.807, 2.05) is 16.8 Å². The van der Waals surface area contributed by atoms with Crippen LogP contribution < -0.4 is 4.90 Å². The maximum absolute atomic E-state index is 13.4. The summed E-state index contributed by atoms with van der Waals surface area (Å²) < 4.78 is 27.2.